The summed E-state index contributed by atoms with van der Waals surface area (Å²) in [6.45, 7) is 1.19. The van der Waals surface area contributed by atoms with Gasteiger partial charge in [-0.2, -0.15) is 0 Å². The van der Waals surface area contributed by atoms with Crippen LogP contribution in [0.3, 0.4) is 0 Å². The fourth-order valence-electron chi connectivity index (χ4n) is 2.63. The lowest BCUT2D eigenvalue weighted by Crippen LogP contribution is -2.39. The van der Waals surface area contributed by atoms with Crippen molar-refractivity contribution in [2.24, 2.45) is 5.73 Å². The molecule has 0 aliphatic carbocycles. The molecule has 0 spiro atoms. The number of hydrogen-bond acceptors (Lipinski definition) is 2. The average Bonchev–Trinajstić information content (AvgIpc) is 2.54. The van der Waals surface area contributed by atoms with Gasteiger partial charge in [-0.15, -0.1) is 0 Å². The summed E-state index contributed by atoms with van der Waals surface area (Å²) in [5.41, 5.74) is 7.65. The minimum absolute atomic E-state index is 0.157. The summed E-state index contributed by atoms with van der Waals surface area (Å²) in [6.07, 6.45) is 5.21. The van der Waals surface area contributed by atoms with E-state index in [-0.39, 0.29) is 6.04 Å². The Labute approximate surface area is 98.4 Å². The Bertz CT molecular complexity index is 310. The van der Waals surface area contributed by atoms with Gasteiger partial charge in [0.2, 0.25) is 0 Å². The summed E-state index contributed by atoms with van der Waals surface area (Å²) < 4.78 is 0. The molecule has 1 aromatic carbocycles. The summed E-state index contributed by atoms with van der Waals surface area (Å²) >= 11 is 0. The van der Waals surface area contributed by atoms with E-state index in [1.54, 1.807) is 0 Å². The fourth-order valence-corrected chi connectivity index (χ4v) is 2.63. The van der Waals surface area contributed by atoms with Crippen LogP contribution in [0.25, 0.3) is 0 Å². The lowest BCUT2D eigenvalue weighted by molar-refractivity contribution is 0.214. The van der Waals surface area contributed by atoms with Gasteiger partial charge in [0.15, 0.2) is 0 Å². The molecule has 2 atom stereocenters. The van der Waals surface area contributed by atoms with Crippen LogP contribution in [-0.4, -0.2) is 24.5 Å². The maximum atomic E-state index is 6.39. The molecule has 16 heavy (non-hydrogen) atoms. The van der Waals surface area contributed by atoms with Gasteiger partial charge >= 0.3 is 0 Å². The van der Waals surface area contributed by atoms with Crippen LogP contribution >= 0.6 is 0 Å². The van der Waals surface area contributed by atoms with Crippen molar-refractivity contribution in [3.63, 3.8) is 0 Å². The van der Waals surface area contributed by atoms with Crippen LogP contribution in [0.4, 0.5) is 0 Å². The molecule has 2 nitrogen and oxygen atoms in total. The minimum Gasteiger partial charge on any atom is -0.323 e. The van der Waals surface area contributed by atoms with Crippen molar-refractivity contribution in [3.8, 4) is 0 Å². The molecule has 1 fully saturated rings. The Morgan fingerprint density at radius 1 is 1.19 bits per heavy atom. The van der Waals surface area contributed by atoms with Gasteiger partial charge in [0, 0.05) is 12.1 Å². The van der Waals surface area contributed by atoms with Crippen LogP contribution in [0.15, 0.2) is 30.3 Å². The van der Waals surface area contributed by atoms with E-state index in [4.69, 9.17) is 5.73 Å². The van der Waals surface area contributed by atoms with Crippen LogP contribution in [0.2, 0.25) is 0 Å². The standard InChI is InChI=1S/C14H22N2/c1-16-11-7-3-6-10-13(16)14(15)12-8-4-2-5-9-12/h2,4-5,8-9,13-14H,3,6-7,10-11,15H2,1H3. The van der Waals surface area contributed by atoms with Crippen LogP contribution in [0.5, 0.6) is 0 Å². The second-order valence-corrected chi connectivity index (χ2v) is 4.83. The topological polar surface area (TPSA) is 29.3 Å². The largest absolute Gasteiger partial charge is 0.323 e. The monoisotopic (exact) mass is 218 g/mol. The molecule has 1 aromatic rings. The lowest BCUT2D eigenvalue weighted by Gasteiger charge is -2.31. The molecule has 0 amide bonds. The van der Waals surface area contributed by atoms with Crippen LogP contribution < -0.4 is 5.73 Å². The van der Waals surface area contributed by atoms with Gasteiger partial charge in [-0.3, -0.25) is 0 Å². The quantitative estimate of drug-likeness (QED) is 0.826. The third-order valence-corrected chi connectivity index (χ3v) is 3.68. The Kier molecular flexibility index (Phi) is 3.97. The van der Waals surface area contributed by atoms with Gasteiger partial charge in [0.1, 0.15) is 0 Å². The van der Waals surface area contributed by atoms with E-state index in [9.17, 15) is 0 Å². The molecule has 0 aromatic heterocycles. The van der Waals surface area contributed by atoms with E-state index in [0.29, 0.717) is 6.04 Å². The van der Waals surface area contributed by atoms with E-state index in [1.165, 1.54) is 37.8 Å². The van der Waals surface area contributed by atoms with Crippen molar-refractivity contribution < 1.29 is 0 Å². The maximum Gasteiger partial charge on any atom is 0.0452 e. The van der Waals surface area contributed by atoms with E-state index in [0.717, 1.165) is 0 Å². The van der Waals surface area contributed by atoms with Gasteiger partial charge in [0.25, 0.3) is 0 Å². The highest BCUT2D eigenvalue weighted by Gasteiger charge is 2.24. The first-order valence-corrected chi connectivity index (χ1v) is 6.30. The van der Waals surface area contributed by atoms with Gasteiger partial charge in [-0.25, -0.2) is 0 Å². The van der Waals surface area contributed by atoms with E-state index in [2.05, 4.69) is 36.2 Å². The Morgan fingerprint density at radius 2 is 1.94 bits per heavy atom. The highest BCUT2D eigenvalue weighted by molar-refractivity contribution is 5.20. The fraction of sp³-hybridized carbons (Fsp3) is 0.571. The smallest absolute Gasteiger partial charge is 0.0452 e. The molecule has 1 saturated heterocycles. The van der Waals surface area contributed by atoms with E-state index >= 15 is 0 Å². The van der Waals surface area contributed by atoms with E-state index in [1.807, 2.05) is 6.07 Å². The summed E-state index contributed by atoms with van der Waals surface area (Å²) in [5.74, 6) is 0. The number of hydrogen-bond donors (Lipinski definition) is 1. The first-order valence-electron chi connectivity index (χ1n) is 6.30. The number of rotatable bonds is 2. The zero-order chi connectivity index (χ0) is 11.4. The molecule has 1 aliphatic heterocycles. The predicted molar refractivity (Wildman–Crippen MR) is 68.3 cm³/mol. The van der Waals surface area contributed by atoms with Crippen molar-refractivity contribution in [1.82, 2.24) is 4.90 Å². The number of nitrogens with two attached hydrogens (primary N) is 1. The molecule has 1 heterocycles. The van der Waals surface area contributed by atoms with Crippen LogP contribution in [0.1, 0.15) is 37.3 Å². The summed E-state index contributed by atoms with van der Waals surface area (Å²) in [4.78, 5) is 2.44. The molecular weight excluding hydrogens is 196 g/mol. The highest BCUT2D eigenvalue weighted by atomic mass is 15.1. The lowest BCUT2D eigenvalue weighted by atomic mass is 9.96. The molecule has 0 radical (unpaired) electrons. The molecule has 1 aliphatic rings. The highest BCUT2D eigenvalue weighted by Crippen LogP contribution is 2.25. The molecule has 2 heteroatoms. The van der Waals surface area contributed by atoms with Crippen molar-refractivity contribution in [3.05, 3.63) is 35.9 Å². The van der Waals surface area contributed by atoms with Gasteiger partial charge in [-0.1, -0.05) is 43.2 Å². The molecule has 2 unspecified atom stereocenters. The van der Waals surface area contributed by atoms with Crippen LogP contribution in [-0.2, 0) is 0 Å². The van der Waals surface area contributed by atoms with Crippen molar-refractivity contribution in [2.75, 3.05) is 13.6 Å². The molecule has 0 saturated carbocycles. The minimum atomic E-state index is 0.157. The normalized spacial score (nSPS) is 25.0. The van der Waals surface area contributed by atoms with Crippen molar-refractivity contribution in [2.45, 2.75) is 37.8 Å². The first kappa shape index (κ1) is 11.6. The maximum absolute atomic E-state index is 6.39. The molecule has 2 rings (SSSR count). The molecule has 88 valence electrons. The zero-order valence-electron chi connectivity index (χ0n) is 10.1. The number of likely N-dealkylation sites (tertiary alicyclic amines) is 1. The Morgan fingerprint density at radius 3 is 2.69 bits per heavy atom. The number of benzene rings is 1. The predicted octanol–water partition coefficient (Wildman–Crippen LogP) is 2.56. The molecular formula is C14H22N2. The summed E-state index contributed by atoms with van der Waals surface area (Å²) in [7, 11) is 2.21. The van der Waals surface area contributed by atoms with Crippen molar-refractivity contribution in [1.29, 1.82) is 0 Å². The van der Waals surface area contributed by atoms with Gasteiger partial charge in [-0.05, 0) is 32.0 Å². The van der Waals surface area contributed by atoms with Crippen molar-refractivity contribution >= 4 is 0 Å². The number of nitrogens with zero attached hydrogens (tertiary/aromatic N) is 1. The summed E-state index contributed by atoms with van der Waals surface area (Å²) in [6, 6.07) is 11.1. The molecule has 0 bridgehead atoms. The zero-order valence-corrected chi connectivity index (χ0v) is 10.1. The molecule has 2 N–H and O–H groups in total. The van der Waals surface area contributed by atoms with Gasteiger partial charge in [0.05, 0.1) is 0 Å². The van der Waals surface area contributed by atoms with Crippen LogP contribution in [0, 0.1) is 0 Å². The third kappa shape index (κ3) is 2.63. The second-order valence-electron chi connectivity index (χ2n) is 4.83. The number of likely N-dealkylation sites (N-methyl/N-ethyl adjacent to an activating group) is 1. The average molecular weight is 218 g/mol. The van der Waals surface area contributed by atoms with Gasteiger partial charge < -0.3 is 10.6 Å². The Hall–Kier alpha value is -0.860. The Balaban J connectivity index is 2.10. The third-order valence-electron chi connectivity index (χ3n) is 3.68. The SMILES string of the molecule is CN1CCCCCC1C(N)c1ccccc1. The first-order chi connectivity index (χ1) is 7.79. The summed E-state index contributed by atoms with van der Waals surface area (Å²) in [5, 5.41) is 0. The second kappa shape index (κ2) is 5.46. The van der Waals surface area contributed by atoms with E-state index < -0.39 is 0 Å².